The number of nitrogens with zero attached hydrogens (tertiary/aromatic N) is 1. The molecule has 6 heteroatoms. The first-order valence-electron chi connectivity index (χ1n) is 3.30. The normalized spacial score (nSPS) is 14.1. The van der Waals surface area contributed by atoms with Crippen LogP contribution in [0.1, 0.15) is 6.92 Å². The summed E-state index contributed by atoms with van der Waals surface area (Å²) < 4.78 is 16.1. The largest absolute Gasteiger partial charge is 0.461 e. The van der Waals surface area contributed by atoms with E-state index in [0.717, 1.165) is 0 Å². The van der Waals surface area contributed by atoms with E-state index in [9.17, 15) is 9.18 Å². The highest BCUT2D eigenvalue weighted by Crippen LogP contribution is 1.93. The summed E-state index contributed by atoms with van der Waals surface area (Å²) in [6.07, 6.45) is -1.73. The van der Waals surface area contributed by atoms with Crippen LogP contribution in [0.4, 0.5) is 4.39 Å². The van der Waals surface area contributed by atoms with Gasteiger partial charge < -0.3 is 15.1 Å². The molecule has 12 heavy (non-hydrogen) atoms. The fraction of sp³-hybridized carbons (Fsp3) is 0.667. The Morgan fingerprint density at radius 2 is 2.33 bits per heavy atom. The zero-order valence-corrected chi connectivity index (χ0v) is 6.53. The van der Waals surface area contributed by atoms with Crippen LogP contribution in [0.5, 0.6) is 0 Å². The van der Waals surface area contributed by atoms with Gasteiger partial charge >= 0.3 is 5.97 Å². The lowest BCUT2D eigenvalue weighted by Gasteiger charge is -2.06. The molecular formula is C6H10FNO4. The number of rotatable bonds is 4. The maximum Gasteiger partial charge on any atom is 0.358 e. The Balaban J connectivity index is 4.26. The van der Waals surface area contributed by atoms with Gasteiger partial charge in [-0.25, -0.2) is 9.18 Å². The maximum atomic E-state index is 11.8. The molecule has 0 aromatic rings. The van der Waals surface area contributed by atoms with Gasteiger partial charge in [-0.15, -0.1) is 0 Å². The quantitative estimate of drug-likeness (QED) is 0.269. The van der Waals surface area contributed by atoms with Gasteiger partial charge in [0.1, 0.15) is 12.8 Å². The van der Waals surface area contributed by atoms with E-state index in [2.05, 4.69) is 9.89 Å². The van der Waals surface area contributed by atoms with Crippen LogP contribution in [-0.2, 0) is 9.53 Å². The first-order valence-corrected chi connectivity index (χ1v) is 3.30. The molecule has 0 amide bonds. The van der Waals surface area contributed by atoms with E-state index in [4.69, 9.17) is 10.3 Å². The third-order valence-electron chi connectivity index (χ3n) is 1.05. The van der Waals surface area contributed by atoms with Gasteiger partial charge in [-0.1, -0.05) is 5.16 Å². The van der Waals surface area contributed by atoms with Gasteiger partial charge in [-0.05, 0) is 6.92 Å². The van der Waals surface area contributed by atoms with E-state index in [-0.39, 0.29) is 6.61 Å². The number of halogens is 1. The first kappa shape index (κ1) is 10.8. The van der Waals surface area contributed by atoms with Crippen LogP contribution in [-0.4, -0.2) is 41.4 Å². The molecule has 0 aliphatic heterocycles. The number of aliphatic hydroxyl groups is 1. The smallest absolute Gasteiger partial charge is 0.358 e. The van der Waals surface area contributed by atoms with Crippen LogP contribution in [0.15, 0.2) is 5.16 Å². The Labute approximate surface area is 68.4 Å². The topological polar surface area (TPSA) is 79.1 Å². The molecule has 0 saturated carbocycles. The predicted molar refractivity (Wildman–Crippen MR) is 37.8 cm³/mol. The number of carbonyl (C=O) groups is 1. The minimum Gasteiger partial charge on any atom is -0.461 e. The Morgan fingerprint density at radius 3 is 2.67 bits per heavy atom. The second-order valence-electron chi connectivity index (χ2n) is 1.88. The number of aliphatic hydroxyl groups excluding tert-OH is 1. The molecule has 0 spiro atoms. The summed E-state index contributed by atoms with van der Waals surface area (Å²) in [5.41, 5.74) is -0.723. The van der Waals surface area contributed by atoms with Crippen LogP contribution < -0.4 is 0 Å². The van der Waals surface area contributed by atoms with Crippen molar-refractivity contribution in [3.8, 4) is 0 Å². The summed E-state index contributed by atoms with van der Waals surface area (Å²) in [7, 11) is 0. The number of oxime groups is 1. The van der Waals surface area contributed by atoms with E-state index >= 15 is 0 Å². The Kier molecular flexibility index (Phi) is 4.94. The van der Waals surface area contributed by atoms with Crippen molar-refractivity contribution >= 4 is 11.7 Å². The number of hydrogen-bond acceptors (Lipinski definition) is 5. The van der Waals surface area contributed by atoms with Crippen LogP contribution in [0.2, 0.25) is 0 Å². The number of hydrogen-bond donors (Lipinski definition) is 2. The van der Waals surface area contributed by atoms with Crippen molar-refractivity contribution in [2.24, 2.45) is 5.16 Å². The lowest BCUT2D eigenvalue weighted by molar-refractivity contribution is -0.135. The lowest BCUT2D eigenvalue weighted by Crippen LogP contribution is -2.31. The Hall–Kier alpha value is -1.17. The van der Waals surface area contributed by atoms with Gasteiger partial charge in [0.15, 0.2) is 5.71 Å². The van der Waals surface area contributed by atoms with E-state index in [1.54, 1.807) is 0 Å². The lowest BCUT2D eigenvalue weighted by atomic mass is 10.2. The van der Waals surface area contributed by atoms with Gasteiger partial charge in [0.25, 0.3) is 0 Å². The fourth-order valence-corrected chi connectivity index (χ4v) is 0.522. The summed E-state index contributed by atoms with van der Waals surface area (Å²) in [5, 5.41) is 19.4. The summed E-state index contributed by atoms with van der Waals surface area (Å²) in [6.45, 7) is 0.407. The fourth-order valence-electron chi connectivity index (χ4n) is 0.522. The molecule has 0 bridgehead atoms. The molecule has 0 saturated heterocycles. The monoisotopic (exact) mass is 179 g/mol. The molecule has 0 aliphatic carbocycles. The third-order valence-corrected chi connectivity index (χ3v) is 1.05. The van der Waals surface area contributed by atoms with Gasteiger partial charge in [-0.3, -0.25) is 0 Å². The zero-order valence-electron chi connectivity index (χ0n) is 6.53. The van der Waals surface area contributed by atoms with Crippen molar-refractivity contribution < 1.29 is 24.2 Å². The Morgan fingerprint density at radius 1 is 1.75 bits per heavy atom. The van der Waals surface area contributed by atoms with Crippen LogP contribution in [0, 0.1) is 0 Å². The van der Waals surface area contributed by atoms with Crippen molar-refractivity contribution in [1.82, 2.24) is 0 Å². The van der Waals surface area contributed by atoms with E-state index in [1.807, 2.05) is 0 Å². The molecule has 0 aromatic carbocycles. The highest BCUT2D eigenvalue weighted by atomic mass is 19.1. The summed E-state index contributed by atoms with van der Waals surface area (Å²) in [6, 6.07) is 0. The highest BCUT2D eigenvalue weighted by Gasteiger charge is 2.22. The zero-order chi connectivity index (χ0) is 9.56. The van der Waals surface area contributed by atoms with Gasteiger partial charge in [0.2, 0.25) is 0 Å². The SMILES string of the molecule is CCOC(=O)C(=NO)C(O)CF. The third kappa shape index (κ3) is 2.83. The molecule has 2 N–H and O–H groups in total. The van der Waals surface area contributed by atoms with Crippen molar-refractivity contribution in [3.05, 3.63) is 0 Å². The summed E-state index contributed by atoms with van der Waals surface area (Å²) in [5.74, 6) is -1.02. The number of ether oxygens (including phenoxy) is 1. The summed E-state index contributed by atoms with van der Waals surface area (Å²) in [4.78, 5) is 10.7. The molecule has 0 heterocycles. The van der Waals surface area contributed by atoms with Crippen molar-refractivity contribution in [2.45, 2.75) is 13.0 Å². The molecule has 0 aromatic heterocycles. The van der Waals surface area contributed by atoms with Crippen LogP contribution in [0.25, 0.3) is 0 Å². The summed E-state index contributed by atoms with van der Waals surface area (Å²) >= 11 is 0. The first-order chi connectivity index (χ1) is 5.67. The van der Waals surface area contributed by atoms with Gasteiger partial charge in [-0.2, -0.15) is 0 Å². The van der Waals surface area contributed by atoms with E-state index in [0.29, 0.717) is 0 Å². The maximum absolute atomic E-state index is 11.8. The van der Waals surface area contributed by atoms with Gasteiger partial charge in [0.05, 0.1) is 6.61 Å². The molecule has 70 valence electrons. The molecule has 1 unspecified atom stereocenters. The average Bonchev–Trinajstić information content (AvgIpc) is 2.06. The minimum absolute atomic E-state index is 0.0663. The Bertz CT molecular complexity index is 182. The van der Waals surface area contributed by atoms with Crippen LogP contribution >= 0.6 is 0 Å². The minimum atomic E-state index is -1.73. The van der Waals surface area contributed by atoms with Gasteiger partial charge in [0, 0.05) is 0 Å². The molecular weight excluding hydrogens is 169 g/mol. The second kappa shape index (κ2) is 5.48. The van der Waals surface area contributed by atoms with Crippen molar-refractivity contribution in [2.75, 3.05) is 13.3 Å². The number of alkyl halides is 1. The molecule has 5 nitrogen and oxygen atoms in total. The highest BCUT2D eigenvalue weighted by molar-refractivity contribution is 6.38. The van der Waals surface area contributed by atoms with E-state index < -0.39 is 24.5 Å². The number of carbonyl (C=O) groups excluding carboxylic acids is 1. The van der Waals surface area contributed by atoms with Crippen molar-refractivity contribution in [3.63, 3.8) is 0 Å². The average molecular weight is 179 g/mol. The standard InChI is InChI=1S/C6H10FNO4/c1-2-12-6(10)5(8-11)4(9)3-7/h4,9,11H,2-3H2,1H3. The molecule has 0 fully saturated rings. The second-order valence-corrected chi connectivity index (χ2v) is 1.88. The van der Waals surface area contributed by atoms with E-state index in [1.165, 1.54) is 6.92 Å². The number of esters is 1. The molecule has 1 atom stereocenters. The van der Waals surface area contributed by atoms with Crippen molar-refractivity contribution in [1.29, 1.82) is 0 Å². The molecule has 0 aliphatic rings. The molecule has 0 radical (unpaired) electrons. The predicted octanol–water partition coefficient (Wildman–Crippen LogP) is -0.290. The molecule has 0 rings (SSSR count). The van der Waals surface area contributed by atoms with Crippen LogP contribution in [0.3, 0.4) is 0 Å².